The Kier molecular flexibility index (Phi) is 7.38. The van der Waals surface area contributed by atoms with Crippen molar-refractivity contribution in [3.63, 3.8) is 0 Å². The Morgan fingerprint density at radius 1 is 1.03 bits per heavy atom. The molecule has 0 bridgehead atoms. The summed E-state index contributed by atoms with van der Waals surface area (Å²) in [5.74, 6) is 2.33. The molecule has 2 aliphatic heterocycles. The molecule has 1 amide bonds. The zero-order valence-electron chi connectivity index (χ0n) is 22.1. The summed E-state index contributed by atoms with van der Waals surface area (Å²) >= 11 is 0. The van der Waals surface area contributed by atoms with Crippen LogP contribution in [0.4, 0.5) is 11.5 Å². The molecule has 1 aromatic carbocycles. The van der Waals surface area contributed by atoms with Crippen molar-refractivity contribution in [2.45, 2.75) is 51.6 Å². The summed E-state index contributed by atoms with van der Waals surface area (Å²) < 4.78 is 12.1. The smallest absolute Gasteiger partial charge is 0.225 e. The van der Waals surface area contributed by atoms with Crippen molar-refractivity contribution in [3.8, 4) is 5.75 Å². The van der Waals surface area contributed by atoms with Crippen LogP contribution in [0.25, 0.3) is 10.9 Å². The highest BCUT2D eigenvalue weighted by molar-refractivity contribution is 5.90. The van der Waals surface area contributed by atoms with E-state index in [-0.39, 0.29) is 12.0 Å². The van der Waals surface area contributed by atoms with Gasteiger partial charge in [0, 0.05) is 56.5 Å². The van der Waals surface area contributed by atoms with Gasteiger partial charge >= 0.3 is 0 Å². The van der Waals surface area contributed by atoms with Gasteiger partial charge in [0.25, 0.3) is 0 Å². The lowest BCUT2D eigenvalue weighted by Crippen LogP contribution is -2.47. The van der Waals surface area contributed by atoms with Gasteiger partial charge in [-0.25, -0.2) is 15.0 Å². The molecule has 4 heterocycles. The number of pyridine rings is 1. The lowest BCUT2D eigenvalue weighted by Gasteiger charge is -2.38. The van der Waals surface area contributed by atoms with E-state index in [1.165, 1.54) is 12.8 Å². The van der Waals surface area contributed by atoms with Crippen LogP contribution >= 0.6 is 0 Å². The monoisotopic (exact) mass is 516 g/mol. The standard InChI is InChI=1S/C29H36N6O3/c1-21-18-23(6-7-27(21)38-24-9-12-33(13-10-24)29(36)22-4-2-3-5-22)35(34-14-16-37-17-15-34)28-25-8-11-30-19-26(25)31-20-32-28/h6-8,11,18-20,22,24H,2-5,9-10,12-17H2,1H3. The van der Waals surface area contributed by atoms with E-state index in [0.29, 0.717) is 19.1 Å². The molecule has 9 nitrogen and oxygen atoms in total. The zero-order valence-corrected chi connectivity index (χ0v) is 22.1. The van der Waals surface area contributed by atoms with Crippen LogP contribution in [0.1, 0.15) is 44.1 Å². The summed E-state index contributed by atoms with van der Waals surface area (Å²) in [6.45, 7) is 6.55. The van der Waals surface area contributed by atoms with E-state index in [1.54, 1.807) is 18.7 Å². The molecule has 0 spiro atoms. The van der Waals surface area contributed by atoms with E-state index in [4.69, 9.17) is 14.5 Å². The van der Waals surface area contributed by atoms with Crippen LogP contribution in [0.2, 0.25) is 0 Å². The number of carbonyl (C=O) groups is 1. The first kappa shape index (κ1) is 25.0. The number of rotatable bonds is 6. The fourth-order valence-corrected chi connectivity index (χ4v) is 5.94. The Morgan fingerprint density at radius 2 is 1.82 bits per heavy atom. The van der Waals surface area contributed by atoms with Gasteiger partial charge in [-0.3, -0.25) is 14.8 Å². The number of aryl methyl sites for hydroxylation is 1. The van der Waals surface area contributed by atoms with Crippen molar-refractivity contribution < 1.29 is 14.3 Å². The van der Waals surface area contributed by atoms with Gasteiger partial charge < -0.3 is 14.4 Å². The zero-order chi connectivity index (χ0) is 25.9. The van der Waals surface area contributed by atoms with Crippen LogP contribution in [-0.4, -0.2) is 76.3 Å². The summed E-state index contributed by atoms with van der Waals surface area (Å²) in [4.78, 5) is 28.2. The van der Waals surface area contributed by atoms with Crippen molar-refractivity contribution in [1.29, 1.82) is 0 Å². The number of hydrazine groups is 1. The number of hydrogen-bond donors (Lipinski definition) is 0. The Balaban J connectivity index is 1.19. The molecule has 200 valence electrons. The number of likely N-dealkylation sites (tertiary alicyclic amines) is 1. The number of morpholine rings is 1. The molecule has 3 fully saturated rings. The lowest BCUT2D eigenvalue weighted by atomic mass is 10.0. The molecule has 3 aromatic rings. The van der Waals surface area contributed by atoms with Crippen molar-refractivity contribution in [2.75, 3.05) is 44.4 Å². The van der Waals surface area contributed by atoms with E-state index < -0.39 is 0 Å². The van der Waals surface area contributed by atoms with Crippen LogP contribution in [0.5, 0.6) is 5.75 Å². The van der Waals surface area contributed by atoms with Crippen LogP contribution in [0.3, 0.4) is 0 Å². The average Bonchev–Trinajstić information content (AvgIpc) is 3.51. The highest BCUT2D eigenvalue weighted by Gasteiger charge is 2.31. The summed E-state index contributed by atoms with van der Waals surface area (Å²) in [6.07, 6.45) is 11.5. The Hall–Kier alpha value is -3.30. The van der Waals surface area contributed by atoms with Crippen molar-refractivity contribution in [3.05, 3.63) is 48.5 Å². The third-order valence-electron chi connectivity index (χ3n) is 8.04. The summed E-state index contributed by atoms with van der Waals surface area (Å²) in [5.41, 5.74) is 2.90. The molecule has 1 saturated carbocycles. The molecule has 9 heteroatoms. The molecule has 38 heavy (non-hydrogen) atoms. The number of ether oxygens (including phenoxy) is 2. The Labute approximate surface area is 223 Å². The van der Waals surface area contributed by atoms with Gasteiger partial charge in [-0.2, -0.15) is 0 Å². The minimum atomic E-state index is 0.126. The van der Waals surface area contributed by atoms with Gasteiger partial charge in [-0.05, 0) is 49.6 Å². The van der Waals surface area contributed by atoms with Gasteiger partial charge in [0.1, 0.15) is 18.2 Å². The predicted octanol–water partition coefficient (Wildman–Crippen LogP) is 4.28. The number of carbonyl (C=O) groups excluding carboxylic acids is 1. The molecule has 3 aliphatic rings. The van der Waals surface area contributed by atoms with E-state index in [2.05, 4.69) is 50.0 Å². The highest BCUT2D eigenvalue weighted by atomic mass is 16.5. The average molecular weight is 517 g/mol. The fraction of sp³-hybridized carbons (Fsp3) is 0.517. The molecule has 0 unspecified atom stereocenters. The molecular formula is C29H36N6O3. The number of hydrogen-bond acceptors (Lipinski definition) is 8. The van der Waals surface area contributed by atoms with Crippen LogP contribution in [0.15, 0.2) is 43.0 Å². The number of piperidine rings is 1. The topological polar surface area (TPSA) is 83.9 Å². The fourth-order valence-electron chi connectivity index (χ4n) is 5.94. The first-order valence-electron chi connectivity index (χ1n) is 13.9. The summed E-state index contributed by atoms with van der Waals surface area (Å²) in [7, 11) is 0. The van der Waals surface area contributed by atoms with E-state index >= 15 is 0 Å². The van der Waals surface area contributed by atoms with E-state index in [0.717, 1.165) is 85.6 Å². The first-order valence-corrected chi connectivity index (χ1v) is 13.9. The number of anilines is 2. The van der Waals surface area contributed by atoms with E-state index in [1.807, 2.05) is 6.07 Å². The predicted molar refractivity (Wildman–Crippen MR) is 145 cm³/mol. The third kappa shape index (κ3) is 5.17. The molecule has 6 rings (SSSR count). The molecule has 0 radical (unpaired) electrons. The maximum Gasteiger partial charge on any atom is 0.225 e. The number of fused-ring (bicyclic) bond motifs is 1. The summed E-state index contributed by atoms with van der Waals surface area (Å²) in [5, 5.41) is 5.40. The lowest BCUT2D eigenvalue weighted by molar-refractivity contribution is -0.137. The molecule has 1 aliphatic carbocycles. The Morgan fingerprint density at radius 3 is 2.58 bits per heavy atom. The largest absolute Gasteiger partial charge is 0.490 e. The van der Waals surface area contributed by atoms with Crippen molar-refractivity contribution in [1.82, 2.24) is 24.9 Å². The quantitative estimate of drug-likeness (QED) is 0.480. The minimum Gasteiger partial charge on any atom is -0.490 e. The second-order valence-corrected chi connectivity index (χ2v) is 10.5. The highest BCUT2D eigenvalue weighted by Crippen LogP contribution is 2.35. The molecule has 2 saturated heterocycles. The molecule has 0 atom stereocenters. The third-order valence-corrected chi connectivity index (χ3v) is 8.04. The van der Waals surface area contributed by atoms with Gasteiger partial charge in [-0.15, -0.1) is 0 Å². The molecule has 2 aromatic heterocycles. The minimum absolute atomic E-state index is 0.126. The molecular weight excluding hydrogens is 480 g/mol. The maximum atomic E-state index is 12.8. The van der Waals surface area contributed by atoms with Crippen molar-refractivity contribution >= 4 is 28.3 Å². The molecule has 0 N–H and O–H groups in total. The normalized spacial score (nSPS) is 19.7. The number of nitrogens with zero attached hydrogens (tertiary/aromatic N) is 6. The maximum absolute atomic E-state index is 12.8. The number of benzene rings is 1. The van der Waals surface area contributed by atoms with Gasteiger partial charge in [0.2, 0.25) is 5.91 Å². The summed E-state index contributed by atoms with van der Waals surface area (Å²) in [6, 6.07) is 8.30. The van der Waals surface area contributed by atoms with Crippen LogP contribution in [-0.2, 0) is 9.53 Å². The second kappa shape index (κ2) is 11.2. The van der Waals surface area contributed by atoms with E-state index in [9.17, 15) is 4.79 Å². The van der Waals surface area contributed by atoms with Crippen molar-refractivity contribution in [2.24, 2.45) is 5.92 Å². The number of aromatic nitrogens is 3. The van der Waals surface area contributed by atoms with Gasteiger partial charge in [0.15, 0.2) is 5.82 Å². The van der Waals surface area contributed by atoms with Gasteiger partial charge in [-0.1, -0.05) is 12.8 Å². The Bertz CT molecular complexity index is 1260. The first-order chi connectivity index (χ1) is 18.7. The second-order valence-electron chi connectivity index (χ2n) is 10.5. The SMILES string of the molecule is Cc1cc(N(c2ncnc3cnccc23)N2CCOCC2)ccc1OC1CCN(C(=O)C2CCCC2)CC1. The van der Waals surface area contributed by atoms with Crippen LogP contribution in [0, 0.1) is 12.8 Å². The number of amides is 1. The van der Waals surface area contributed by atoms with Crippen LogP contribution < -0.4 is 9.75 Å². The van der Waals surface area contributed by atoms with Gasteiger partial charge in [0.05, 0.1) is 30.6 Å².